The summed E-state index contributed by atoms with van der Waals surface area (Å²) in [7, 11) is 1.96. The van der Waals surface area contributed by atoms with E-state index in [2.05, 4.69) is 34.3 Å². The van der Waals surface area contributed by atoms with Crippen molar-refractivity contribution in [2.24, 2.45) is 5.92 Å². The van der Waals surface area contributed by atoms with Crippen LogP contribution < -0.4 is 5.32 Å². The first-order chi connectivity index (χ1) is 9.19. The van der Waals surface area contributed by atoms with Crippen molar-refractivity contribution in [1.29, 1.82) is 0 Å². The summed E-state index contributed by atoms with van der Waals surface area (Å²) in [5, 5.41) is 7.26. The second kappa shape index (κ2) is 6.43. The van der Waals surface area contributed by atoms with Crippen LogP contribution in [0.2, 0.25) is 0 Å². The van der Waals surface area contributed by atoms with Gasteiger partial charge in [0, 0.05) is 18.7 Å². The molecule has 102 valence electrons. The van der Waals surface area contributed by atoms with Gasteiger partial charge in [-0.1, -0.05) is 25.1 Å². The monoisotopic (exact) mass is 260 g/mol. The Balaban J connectivity index is 2.05. The molecule has 2 heterocycles. The third-order valence-corrected chi connectivity index (χ3v) is 2.95. The van der Waals surface area contributed by atoms with E-state index in [1.54, 1.807) is 6.20 Å². The maximum absolute atomic E-state index is 5.29. The molecule has 2 aromatic heterocycles. The maximum atomic E-state index is 5.29. The zero-order valence-corrected chi connectivity index (χ0v) is 11.6. The van der Waals surface area contributed by atoms with Crippen molar-refractivity contribution in [2.75, 3.05) is 7.05 Å². The van der Waals surface area contributed by atoms with Crippen LogP contribution in [0.3, 0.4) is 0 Å². The van der Waals surface area contributed by atoms with Crippen LogP contribution in [-0.4, -0.2) is 28.2 Å². The van der Waals surface area contributed by atoms with Gasteiger partial charge in [-0.25, -0.2) is 0 Å². The van der Waals surface area contributed by atoms with Gasteiger partial charge < -0.3 is 9.84 Å². The fourth-order valence-electron chi connectivity index (χ4n) is 2.02. The number of aromatic nitrogens is 3. The second-order valence-corrected chi connectivity index (χ2v) is 5.05. The van der Waals surface area contributed by atoms with E-state index in [1.165, 1.54) is 0 Å². The van der Waals surface area contributed by atoms with Gasteiger partial charge in [0.1, 0.15) is 5.69 Å². The van der Waals surface area contributed by atoms with E-state index in [4.69, 9.17) is 4.52 Å². The molecule has 0 aliphatic heterocycles. The quantitative estimate of drug-likeness (QED) is 0.863. The Morgan fingerprint density at radius 1 is 1.32 bits per heavy atom. The number of hydrogen-bond donors (Lipinski definition) is 1. The summed E-state index contributed by atoms with van der Waals surface area (Å²) in [4.78, 5) is 8.60. The lowest BCUT2D eigenvalue weighted by molar-refractivity contribution is 0.345. The third-order valence-electron chi connectivity index (χ3n) is 2.95. The van der Waals surface area contributed by atoms with Gasteiger partial charge in [-0.3, -0.25) is 4.98 Å². The van der Waals surface area contributed by atoms with Gasteiger partial charge in [0.15, 0.2) is 0 Å². The van der Waals surface area contributed by atoms with Crippen molar-refractivity contribution in [3.05, 3.63) is 30.3 Å². The van der Waals surface area contributed by atoms with Crippen LogP contribution in [0.4, 0.5) is 0 Å². The molecular weight excluding hydrogens is 240 g/mol. The average molecular weight is 260 g/mol. The van der Waals surface area contributed by atoms with Gasteiger partial charge in [0.25, 0.3) is 0 Å². The van der Waals surface area contributed by atoms with E-state index < -0.39 is 0 Å². The Morgan fingerprint density at radius 3 is 2.79 bits per heavy atom. The molecule has 0 radical (unpaired) electrons. The Kier molecular flexibility index (Phi) is 4.63. The molecule has 0 amide bonds. The number of likely N-dealkylation sites (N-methyl/N-ethyl adjacent to an activating group) is 1. The number of hydrogen-bond acceptors (Lipinski definition) is 5. The minimum Gasteiger partial charge on any atom is -0.339 e. The molecule has 0 aliphatic carbocycles. The molecule has 0 aromatic carbocycles. The Hall–Kier alpha value is -1.75. The zero-order valence-electron chi connectivity index (χ0n) is 11.6. The SMILES string of the molecule is CNC(Cc1nc(-c2ccccn2)no1)CC(C)C. The van der Waals surface area contributed by atoms with Crippen molar-refractivity contribution in [2.45, 2.75) is 32.7 Å². The van der Waals surface area contributed by atoms with Gasteiger partial charge in [-0.15, -0.1) is 0 Å². The molecule has 5 heteroatoms. The number of pyridine rings is 1. The smallest absolute Gasteiger partial charge is 0.228 e. The molecule has 5 nitrogen and oxygen atoms in total. The number of rotatable bonds is 6. The first-order valence-corrected chi connectivity index (χ1v) is 6.60. The fourth-order valence-corrected chi connectivity index (χ4v) is 2.02. The van der Waals surface area contributed by atoms with Crippen LogP contribution in [0.5, 0.6) is 0 Å². The summed E-state index contributed by atoms with van der Waals surface area (Å²) in [6.07, 6.45) is 3.55. The lowest BCUT2D eigenvalue weighted by atomic mass is 10.0. The Bertz CT molecular complexity index is 495. The summed E-state index contributed by atoms with van der Waals surface area (Å²) in [5.74, 6) is 1.84. The molecule has 1 atom stereocenters. The zero-order chi connectivity index (χ0) is 13.7. The van der Waals surface area contributed by atoms with E-state index in [-0.39, 0.29) is 0 Å². The van der Waals surface area contributed by atoms with Crippen LogP contribution in [0.1, 0.15) is 26.2 Å². The van der Waals surface area contributed by atoms with E-state index in [9.17, 15) is 0 Å². The summed E-state index contributed by atoms with van der Waals surface area (Å²) in [6, 6.07) is 6.01. The first-order valence-electron chi connectivity index (χ1n) is 6.60. The summed E-state index contributed by atoms with van der Waals surface area (Å²) >= 11 is 0. The molecule has 2 aromatic rings. The molecule has 0 spiro atoms. The minimum absolute atomic E-state index is 0.358. The van der Waals surface area contributed by atoms with Crippen molar-refractivity contribution >= 4 is 0 Å². The van der Waals surface area contributed by atoms with Gasteiger partial charge in [0.05, 0.1) is 0 Å². The summed E-state index contributed by atoms with van der Waals surface area (Å²) in [6.45, 7) is 4.41. The van der Waals surface area contributed by atoms with Crippen molar-refractivity contribution in [3.8, 4) is 11.5 Å². The lowest BCUT2D eigenvalue weighted by Crippen LogP contribution is -2.29. The maximum Gasteiger partial charge on any atom is 0.228 e. The van der Waals surface area contributed by atoms with Crippen LogP contribution in [0.25, 0.3) is 11.5 Å². The number of nitrogens with zero attached hydrogens (tertiary/aromatic N) is 3. The highest BCUT2D eigenvalue weighted by atomic mass is 16.5. The molecule has 0 aliphatic rings. The lowest BCUT2D eigenvalue weighted by Gasteiger charge is -2.15. The van der Waals surface area contributed by atoms with Crippen LogP contribution >= 0.6 is 0 Å². The van der Waals surface area contributed by atoms with Gasteiger partial charge in [0.2, 0.25) is 11.7 Å². The van der Waals surface area contributed by atoms with Gasteiger partial charge in [-0.05, 0) is 31.5 Å². The summed E-state index contributed by atoms with van der Waals surface area (Å²) < 4.78 is 5.29. The Labute approximate surface area is 113 Å². The highest BCUT2D eigenvalue weighted by Gasteiger charge is 2.15. The van der Waals surface area contributed by atoms with Crippen LogP contribution in [0, 0.1) is 5.92 Å². The van der Waals surface area contributed by atoms with E-state index in [0.29, 0.717) is 23.7 Å². The fraction of sp³-hybridized carbons (Fsp3) is 0.500. The molecule has 0 fully saturated rings. The van der Waals surface area contributed by atoms with Gasteiger partial charge >= 0.3 is 0 Å². The molecule has 0 saturated carbocycles. The van der Waals surface area contributed by atoms with Crippen molar-refractivity contribution in [3.63, 3.8) is 0 Å². The third kappa shape index (κ3) is 3.86. The number of nitrogens with one attached hydrogen (secondary N) is 1. The molecule has 2 rings (SSSR count). The first kappa shape index (κ1) is 13.7. The van der Waals surface area contributed by atoms with Crippen molar-refractivity contribution < 1.29 is 4.52 Å². The van der Waals surface area contributed by atoms with E-state index in [0.717, 1.165) is 18.5 Å². The summed E-state index contributed by atoms with van der Waals surface area (Å²) in [5.41, 5.74) is 0.738. The highest BCUT2D eigenvalue weighted by Crippen LogP contribution is 2.14. The normalized spacial score (nSPS) is 12.8. The van der Waals surface area contributed by atoms with Crippen LogP contribution in [0.15, 0.2) is 28.9 Å². The van der Waals surface area contributed by atoms with Crippen molar-refractivity contribution in [1.82, 2.24) is 20.4 Å². The average Bonchev–Trinajstić information content (AvgIpc) is 2.87. The standard InChI is InChI=1S/C14H20N4O/c1-10(2)8-11(15-3)9-13-17-14(18-19-13)12-6-4-5-7-16-12/h4-7,10-11,15H,8-9H2,1-3H3. The minimum atomic E-state index is 0.358. The predicted octanol–water partition coefficient (Wildman–Crippen LogP) is 2.31. The molecule has 0 saturated heterocycles. The highest BCUT2D eigenvalue weighted by molar-refractivity contribution is 5.46. The van der Waals surface area contributed by atoms with Gasteiger partial charge in [-0.2, -0.15) is 4.98 Å². The molecule has 1 unspecified atom stereocenters. The topological polar surface area (TPSA) is 63.8 Å². The molecule has 1 N–H and O–H groups in total. The molecule has 19 heavy (non-hydrogen) atoms. The predicted molar refractivity (Wildman–Crippen MR) is 73.5 cm³/mol. The Morgan fingerprint density at radius 2 is 2.16 bits per heavy atom. The molecule has 0 bridgehead atoms. The second-order valence-electron chi connectivity index (χ2n) is 5.05. The largest absolute Gasteiger partial charge is 0.339 e. The van der Waals surface area contributed by atoms with Crippen LogP contribution in [-0.2, 0) is 6.42 Å². The van der Waals surface area contributed by atoms with E-state index >= 15 is 0 Å². The van der Waals surface area contributed by atoms with E-state index in [1.807, 2.05) is 25.2 Å². The molecular formula is C14H20N4O.